The van der Waals surface area contributed by atoms with Crippen molar-refractivity contribution >= 4 is 28.7 Å². The summed E-state index contributed by atoms with van der Waals surface area (Å²) in [6, 6.07) is 3.61. The molecule has 2 N–H and O–H groups in total. The predicted octanol–water partition coefficient (Wildman–Crippen LogP) is 1.62. The molecule has 1 aromatic carbocycles. The Labute approximate surface area is 81.4 Å². The van der Waals surface area contributed by atoms with E-state index in [0.29, 0.717) is 0 Å². The fourth-order valence-electron chi connectivity index (χ4n) is 0.770. The predicted molar refractivity (Wildman–Crippen MR) is 47.4 cm³/mol. The molecule has 0 amide bonds. The molecule has 0 aliphatic rings. The van der Waals surface area contributed by atoms with Gasteiger partial charge in [0.2, 0.25) is 0 Å². The molecule has 1 atom stereocenters. The van der Waals surface area contributed by atoms with Crippen LogP contribution < -0.4 is 0 Å². The van der Waals surface area contributed by atoms with Gasteiger partial charge in [-0.25, -0.2) is 9.00 Å². The van der Waals surface area contributed by atoms with Crippen molar-refractivity contribution in [1.29, 1.82) is 0 Å². The second-order valence-electron chi connectivity index (χ2n) is 2.20. The van der Waals surface area contributed by atoms with E-state index in [1.54, 1.807) is 0 Å². The first-order valence-corrected chi connectivity index (χ1v) is 4.64. The highest BCUT2D eigenvalue weighted by Crippen LogP contribution is 2.20. The van der Waals surface area contributed by atoms with Gasteiger partial charge in [0.05, 0.1) is 15.5 Å². The Bertz CT molecular complexity index is 377. The van der Waals surface area contributed by atoms with E-state index in [-0.39, 0.29) is 15.5 Å². The molecular weight excluding hydrogens is 216 g/mol. The van der Waals surface area contributed by atoms with Crippen LogP contribution in [-0.4, -0.2) is 19.8 Å². The van der Waals surface area contributed by atoms with Gasteiger partial charge in [0, 0.05) is 0 Å². The zero-order valence-corrected chi connectivity index (χ0v) is 7.80. The van der Waals surface area contributed by atoms with E-state index >= 15 is 0 Å². The number of benzene rings is 1. The van der Waals surface area contributed by atoms with Gasteiger partial charge in [-0.15, -0.1) is 0 Å². The van der Waals surface area contributed by atoms with Gasteiger partial charge in [-0.1, -0.05) is 11.6 Å². The molecule has 4 nitrogen and oxygen atoms in total. The van der Waals surface area contributed by atoms with Gasteiger partial charge < -0.3 is 9.66 Å². The fourth-order valence-corrected chi connectivity index (χ4v) is 1.55. The van der Waals surface area contributed by atoms with Gasteiger partial charge in [0.25, 0.3) is 0 Å². The Morgan fingerprint density at radius 3 is 2.54 bits per heavy atom. The van der Waals surface area contributed by atoms with E-state index in [0.717, 1.165) is 6.07 Å². The van der Waals surface area contributed by atoms with Gasteiger partial charge in [-0.05, 0) is 18.2 Å². The van der Waals surface area contributed by atoms with Crippen LogP contribution in [-0.2, 0) is 11.1 Å². The van der Waals surface area contributed by atoms with Crippen LogP contribution in [0.2, 0.25) is 5.02 Å². The van der Waals surface area contributed by atoms with E-state index in [9.17, 15) is 9.00 Å². The summed E-state index contributed by atoms with van der Waals surface area (Å²) in [5, 5.41) is 8.63. The third-order valence-corrected chi connectivity index (χ3v) is 2.52. The second kappa shape index (κ2) is 3.87. The molecule has 0 fully saturated rings. The lowest BCUT2D eigenvalue weighted by atomic mass is 10.2. The second-order valence-corrected chi connectivity index (χ2v) is 3.54. The molecule has 70 valence electrons. The number of rotatable bonds is 2. The van der Waals surface area contributed by atoms with E-state index in [1.165, 1.54) is 12.1 Å². The maximum atomic E-state index is 10.6. The van der Waals surface area contributed by atoms with E-state index in [4.69, 9.17) is 21.3 Å². The molecule has 13 heavy (non-hydrogen) atoms. The summed E-state index contributed by atoms with van der Waals surface area (Å²) in [6.45, 7) is 0. The van der Waals surface area contributed by atoms with Crippen molar-refractivity contribution in [2.24, 2.45) is 0 Å². The Morgan fingerprint density at radius 1 is 1.46 bits per heavy atom. The van der Waals surface area contributed by atoms with Crippen molar-refractivity contribution in [1.82, 2.24) is 0 Å². The summed E-state index contributed by atoms with van der Waals surface area (Å²) in [7, 11) is 0. The van der Waals surface area contributed by atoms with Crippen molar-refractivity contribution in [3.8, 4) is 0 Å². The minimum atomic E-state index is -2.26. The third-order valence-electron chi connectivity index (χ3n) is 1.37. The summed E-state index contributed by atoms with van der Waals surface area (Å²) in [5.74, 6) is -1.16. The Balaban J connectivity index is 3.27. The number of carbonyl (C=O) groups is 1. The van der Waals surface area contributed by atoms with Crippen molar-refractivity contribution in [3.63, 3.8) is 0 Å². The molecule has 1 aromatic rings. The fraction of sp³-hybridized carbons (Fsp3) is 0. The first kappa shape index (κ1) is 10.2. The van der Waals surface area contributed by atoms with Crippen LogP contribution in [0.1, 0.15) is 10.4 Å². The smallest absolute Gasteiger partial charge is 0.335 e. The summed E-state index contributed by atoms with van der Waals surface area (Å²) in [6.07, 6.45) is 0. The average molecular weight is 221 g/mol. The summed E-state index contributed by atoms with van der Waals surface area (Å²) in [5.41, 5.74) is -0.0678. The normalized spacial score (nSPS) is 12.5. The largest absolute Gasteiger partial charge is 0.478 e. The van der Waals surface area contributed by atoms with Gasteiger partial charge >= 0.3 is 5.97 Å². The molecule has 0 heterocycles. The van der Waals surface area contributed by atoms with Gasteiger partial charge in [-0.2, -0.15) is 0 Å². The minimum Gasteiger partial charge on any atom is -0.478 e. The molecule has 0 spiro atoms. The van der Waals surface area contributed by atoms with Gasteiger partial charge in [0.15, 0.2) is 11.1 Å². The Hall–Kier alpha value is -0.910. The van der Waals surface area contributed by atoms with Crippen LogP contribution in [0.15, 0.2) is 23.1 Å². The van der Waals surface area contributed by atoms with Gasteiger partial charge in [-0.3, -0.25) is 0 Å². The zero-order chi connectivity index (χ0) is 10.0. The highest BCUT2D eigenvalue weighted by molar-refractivity contribution is 7.79. The quantitative estimate of drug-likeness (QED) is 0.743. The summed E-state index contributed by atoms with van der Waals surface area (Å²) in [4.78, 5) is 10.4. The molecule has 0 radical (unpaired) electrons. The standard InChI is InChI=1S/C7H5ClO4S/c8-5-2-1-4(7(9)10)3-6(5)13(11)12/h1-3H,(H,9,10)(H,11,12). The van der Waals surface area contributed by atoms with Crippen molar-refractivity contribution in [2.45, 2.75) is 4.90 Å². The molecule has 0 saturated heterocycles. The van der Waals surface area contributed by atoms with E-state index < -0.39 is 17.0 Å². The number of hydrogen-bond donors (Lipinski definition) is 2. The maximum Gasteiger partial charge on any atom is 0.335 e. The molecule has 0 bridgehead atoms. The minimum absolute atomic E-state index is 0.0678. The van der Waals surface area contributed by atoms with Crippen LogP contribution in [0.5, 0.6) is 0 Å². The maximum absolute atomic E-state index is 10.6. The molecule has 0 saturated carbocycles. The van der Waals surface area contributed by atoms with Crippen molar-refractivity contribution < 1.29 is 18.7 Å². The monoisotopic (exact) mass is 220 g/mol. The first-order valence-electron chi connectivity index (χ1n) is 3.16. The lowest BCUT2D eigenvalue weighted by molar-refractivity contribution is 0.0696. The first-order chi connectivity index (χ1) is 6.02. The zero-order valence-electron chi connectivity index (χ0n) is 6.23. The molecule has 6 heteroatoms. The lowest BCUT2D eigenvalue weighted by Gasteiger charge is -2.00. The van der Waals surface area contributed by atoms with Crippen LogP contribution >= 0.6 is 11.6 Å². The number of aromatic carboxylic acids is 1. The molecule has 0 aliphatic carbocycles. The van der Waals surface area contributed by atoms with Crippen LogP contribution in [0.3, 0.4) is 0 Å². The highest BCUT2D eigenvalue weighted by atomic mass is 35.5. The molecule has 1 unspecified atom stereocenters. The molecule has 0 aliphatic heterocycles. The average Bonchev–Trinajstić information content (AvgIpc) is 2.04. The van der Waals surface area contributed by atoms with E-state index in [1.807, 2.05) is 0 Å². The Kier molecular flexibility index (Phi) is 3.02. The molecule has 0 aromatic heterocycles. The lowest BCUT2D eigenvalue weighted by Crippen LogP contribution is -1.98. The number of carboxylic acid groups (broad SMARTS) is 1. The van der Waals surface area contributed by atoms with E-state index in [2.05, 4.69) is 0 Å². The van der Waals surface area contributed by atoms with Crippen LogP contribution in [0.4, 0.5) is 0 Å². The number of carboxylic acids is 1. The molecular formula is C7H5ClO4S. The van der Waals surface area contributed by atoms with Crippen LogP contribution in [0.25, 0.3) is 0 Å². The number of hydrogen-bond acceptors (Lipinski definition) is 2. The third kappa shape index (κ3) is 2.27. The van der Waals surface area contributed by atoms with Crippen molar-refractivity contribution in [3.05, 3.63) is 28.8 Å². The highest BCUT2D eigenvalue weighted by Gasteiger charge is 2.10. The molecule has 1 rings (SSSR count). The van der Waals surface area contributed by atoms with Gasteiger partial charge in [0.1, 0.15) is 0 Å². The summed E-state index contributed by atoms with van der Waals surface area (Å²) >= 11 is 3.29. The summed E-state index contributed by atoms with van der Waals surface area (Å²) < 4.78 is 19.3. The van der Waals surface area contributed by atoms with Crippen molar-refractivity contribution in [2.75, 3.05) is 0 Å². The Morgan fingerprint density at radius 2 is 2.08 bits per heavy atom. The topological polar surface area (TPSA) is 74.6 Å². The number of halogens is 1. The SMILES string of the molecule is O=C(O)c1ccc(Cl)c(S(=O)O)c1. The van der Waals surface area contributed by atoms with Crippen LogP contribution in [0, 0.1) is 0 Å².